The number of carbonyl (C=O) groups is 1. The summed E-state index contributed by atoms with van der Waals surface area (Å²) in [4.78, 5) is 27.0. The Kier molecular flexibility index (Phi) is 3.17. The second kappa shape index (κ2) is 4.63. The largest absolute Gasteiger partial charge is 0.329 e. The van der Waals surface area contributed by atoms with Crippen LogP contribution in [0.3, 0.4) is 0 Å². The van der Waals surface area contributed by atoms with Gasteiger partial charge in [0.25, 0.3) is 0 Å². The summed E-state index contributed by atoms with van der Waals surface area (Å²) in [6.07, 6.45) is 6.77. The van der Waals surface area contributed by atoms with Gasteiger partial charge in [0.2, 0.25) is 11.1 Å². The van der Waals surface area contributed by atoms with Gasteiger partial charge in [-0.1, -0.05) is 11.6 Å². The predicted molar refractivity (Wildman–Crippen MR) is 65.2 cm³/mol. The normalized spacial score (nSPS) is 18.8. The Bertz CT molecular complexity index is 567. The number of amides is 1. The second-order valence-corrected chi connectivity index (χ2v) is 4.16. The monoisotopic (exact) mass is 265 g/mol. The molecule has 0 aromatic carbocycles. The lowest BCUT2D eigenvalue weighted by Crippen LogP contribution is -2.25. The molecule has 6 nitrogen and oxygen atoms in total. The van der Waals surface area contributed by atoms with Gasteiger partial charge in [0, 0.05) is 25.1 Å². The van der Waals surface area contributed by atoms with Crippen molar-refractivity contribution < 1.29 is 9.72 Å². The molecule has 7 heteroatoms. The van der Waals surface area contributed by atoms with Crippen LogP contribution >= 0.6 is 11.6 Å². The van der Waals surface area contributed by atoms with E-state index in [0.29, 0.717) is 0 Å². The molecule has 92 valence electrons. The van der Waals surface area contributed by atoms with E-state index in [4.69, 9.17) is 18.0 Å². The van der Waals surface area contributed by atoms with Gasteiger partial charge in [0.15, 0.2) is 0 Å². The Hall–Kier alpha value is -2.13. The maximum Gasteiger partial charge on any atom is 0.329 e. The Balaban J connectivity index is 2.47. The van der Waals surface area contributed by atoms with Gasteiger partial charge in [-0.2, -0.15) is 0 Å². The predicted octanol–water partition coefficient (Wildman–Crippen LogP) is 1.63. The first-order chi connectivity index (χ1) is 8.54. The zero-order valence-corrected chi connectivity index (χ0v) is 9.92. The lowest BCUT2D eigenvalue weighted by molar-refractivity contribution is -0.384. The number of anilines is 1. The summed E-state index contributed by atoms with van der Waals surface area (Å²) < 4.78 is 0. The van der Waals surface area contributed by atoms with Crippen LogP contribution in [-0.4, -0.2) is 22.4 Å². The summed E-state index contributed by atoms with van der Waals surface area (Å²) in [6, 6.07) is 1.39. The molecule has 1 amide bonds. The summed E-state index contributed by atoms with van der Waals surface area (Å²) in [6.45, 7) is 0.260. The highest BCUT2D eigenvalue weighted by atomic mass is 35.5. The quantitative estimate of drug-likeness (QED) is 0.352. The van der Waals surface area contributed by atoms with Crippen molar-refractivity contribution in [2.75, 3.05) is 11.4 Å². The summed E-state index contributed by atoms with van der Waals surface area (Å²) in [7, 11) is 0. The lowest BCUT2D eigenvalue weighted by atomic mass is 10.1. The Morgan fingerprint density at radius 2 is 2.39 bits per heavy atom. The number of aromatic nitrogens is 1. The molecule has 0 bridgehead atoms. The minimum atomic E-state index is -0.652. The molecule has 0 aliphatic carbocycles. The molecule has 0 spiro atoms. The molecule has 18 heavy (non-hydrogen) atoms. The highest BCUT2D eigenvalue weighted by molar-refractivity contribution is 6.32. The number of nitrogens with zero attached hydrogens (tertiary/aromatic N) is 3. The van der Waals surface area contributed by atoms with Gasteiger partial charge in [0.05, 0.1) is 4.92 Å². The van der Waals surface area contributed by atoms with E-state index in [1.54, 1.807) is 0 Å². The number of hydrogen-bond donors (Lipinski definition) is 0. The number of pyridine rings is 1. The van der Waals surface area contributed by atoms with Crippen molar-refractivity contribution in [2.45, 2.75) is 6.42 Å². The van der Waals surface area contributed by atoms with Crippen LogP contribution in [0.5, 0.6) is 0 Å². The van der Waals surface area contributed by atoms with Crippen molar-refractivity contribution in [3.05, 3.63) is 27.5 Å². The minimum absolute atomic E-state index is 0.141. The molecule has 1 aliphatic rings. The molecule has 0 saturated carbocycles. The van der Waals surface area contributed by atoms with Crippen LogP contribution in [0.15, 0.2) is 12.3 Å². The molecule has 0 radical (unpaired) electrons. The van der Waals surface area contributed by atoms with E-state index in [0.717, 1.165) is 0 Å². The topological polar surface area (TPSA) is 76.3 Å². The molecule has 2 rings (SSSR count). The molecule has 1 aromatic rings. The van der Waals surface area contributed by atoms with Gasteiger partial charge < -0.3 is 4.90 Å². The molecular formula is C11H8ClN3O3. The SMILES string of the molecule is C#CC1CC(=O)N(c2ccnc(Cl)c2[N+](=O)[O-])C1. The molecule has 1 saturated heterocycles. The van der Waals surface area contributed by atoms with Gasteiger partial charge >= 0.3 is 5.69 Å². The number of rotatable bonds is 2. The molecule has 1 aromatic heterocycles. The Morgan fingerprint density at radius 1 is 1.67 bits per heavy atom. The fraction of sp³-hybridized carbons (Fsp3) is 0.273. The molecule has 0 N–H and O–H groups in total. The van der Waals surface area contributed by atoms with E-state index in [1.807, 2.05) is 0 Å². The third kappa shape index (κ3) is 2.00. The van der Waals surface area contributed by atoms with Crippen LogP contribution in [0, 0.1) is 28.4 Å². The van der Waals surface area contributed by atoms with Crippen LogP contribution in [0.2, 0.25) is 5.15 Å². The molecule has 1 unspecified atom stereocenters. The number of halogens is 1. The molecular weight excluding hydrogens is 258 g/mol. The van der Waals surface area contributed by atoms with Crippen molar-refractivity contribution in [3.63, 3.8) is 0 Å². The summed E-state index contributed by atoms with van der Waals surface area (Å²) in [5.41, 5.74) is -0.229. The Morgan fingerprint density at radius 3 is 2.94 bits per heavy atom. The van der Waals surface area contributed by atoms with Crippen molar-refractivity contribution >= 4 is 28.9 Å². The average Bonchev–Trinajstić information content (AvgIpc) is 2.69. The first-order valence-electron chi connectivity index (χ1n) is 5.10. The van der Waals surface area contributed by atoms with Crippen LogP contribution in [0.4, 0.5) is 11.4 Å². The number of carbonyl (C=O) groups excluding carboxylic acids is 1. The van der Waals surface area contributed by atoms with Crippen LogP contribution < -0.4 is 4.90 Å². The van der Waals surface area contributed by atoms with E-state index in [2.05, 4.69) is 10.9 Å². The zero-order valence-electron chi connectivity index (χ0n) is 9.17. The van der Waals surface area contributed by atoms with Crippen molar-refractivity contribution in [2.24, 2.45) is 5.92 Å². The first kappa shape index (κ1) is 12.3. The molecule has 2 heterocycles. The minimum Gasteiger partial charge on any atom is -0.305 e. The van der Waals surface area contributed by atoms with E-state index in [1.165, 1.54) is 17.2 Å². The standard InChI is InChI=1S/C11H8ClN3O3/c1-2-7-5-9(16)14(6-7)8-3-4-13-11(12)10(8)15(17)18/h1,3-4,7H,5-6H2. The van der Waals surface area contributed by atoms with Gasteiger partial charge in [-0.05, 0) is 6.07 Å². The first-order valence-corrected chi connectivity index (χ1v) is 5.47. The number of terminal acetylenes is 1. The fourth-order valence-electron chi connectivity index (χ4n) is 1.86. The van der Waals surface area contributed by atoms with Gasteiger partial charge in [0.1, 0.15) is 5.69 Å². The van der Waals surface area contributed by atoms with E-state index >= 15 is 0 Å². The third-order valence-corrected chi connectivity index (χ3v) is 2.97. The van der Waals surface area contributed by atoms with Crippen molar-refractivity contribution in [3.8, 4) is 12.3 Å². The molecule has 1 fully saturated rings. The Labute approximate surface area is 108 Å². The maximum absolute atomic E-state index is 11.8. The summed E-state index contributed by atoms with van der Waals surface area (Å²) in [5.74, 6) is 2.00. The fourth-order valence-corrected chi connectivity index (χ4v) is 2.08. The van der Waals surface area contributed by atoms with E-state index in [9.17, 15) is 14.9 Å². The smallest absolute Gasteiger partial charge is 0.305 e. The summed E-state index contributed by atoms with van der Waals surface area (Å²) >= 11 is 5.69. The zero-order chi connectivity index (χ0) is 13.3. The van der Waals surface area contributed by atoms with Crippen molar-refractivity contribution in [1.82, 2.24) is 4.98 Å². The molecule has 1 atom stereocenters. The van der Waals surface area contributed by atoms with Crippen LogP contribution in [0.1, 0.15) is 6.42 Å². The second-order valence-electron chi connectivity index (χ2n) is 3.80. The van der Waals surface area contributed by atoms with Crippen LogP contribution in [-0.2, 0) is 4.79 Å². The third-order valence-electron chi connectivity index (χ3n) is 2.69. The van der Waals surface area contributed by atoms with Gasteiger partial charge in [-0.3, -0.25) is 14.9 Å². The average molecular weight is 266 g/mol. The molecule has 1 aliphatic heterocycles. The van der Waals surface area contributed by atoms with E-state index in [-0.39, 0.29) is 41.3 Å². The number of hydrogen-bond acceptors (Lipinski definition) is 4. The van der Waals surface area contributed by atoms with Crippen LogP contribution in [0.25, 0.3) is 0 Å². The number of nitro groups is 1. The van der Waals surface area contributed by atoms with E-state index < -0.39 is 4.92 Å². The van der Waals surface area contributed by atoms with Gasteiger partial charge in [-0.15, -0.1) is 12.3 Å². The van der Waals surface area contributed by atoms with Crippen molar-refractivity contribution in [1.29, 1.82) is 0 Å². The highest BCUT2D eigenvalue weighted by Gasteiger charge is 2.34. The summed E-state index contributed by atoms with van der Waals surface area (Å²) in [5, 5.41) is 10.7. The van der Waals surface area contributed by atoms with Gasteiger partial charge in [-0.25, -0.2) is 4.98 Å². The maximum atomic E-state index is 11.8. The lowest BCUT2D eigenvalue weighted by Gasteiger charge is -2.15. The highest BCUT2D eigenvalue weighted by Crippen LogP contribution is 2.36.